The van der Waals surface area contributed by atoms with Crippen molar-refractivity contribution in [2.75, 3.05) is 0 Å². The first kappa shape index (κ1) is 12.6. The summed E-state index contributed by atoms with van der Waals surface area (Å²) in [6, 6.07) is -0.0433. The fourth-order valence-corrected chi connectivity index (χ4v) is 2.42. The average Bonchev–Trinajstić information content (AvgIpc) is 2.85. The second kappa shape index (κ2) is 4.80. The van der Waals surface area contributed by atoms with E-state index in [1.54, 1.807) is 24.9 Å². The highest BCUT2D eigenvalue weighted by atomic mass is 16.4. The van der Waals surface area contributed by atoms with Crippen molar-refractivity contribution < 1.29 is 14.7 Å². The van der Waals surface area contributed by atoms with E-state index in [9.17, 15) is 9.59 Å². The molecule has 0 unspecified atom stereocenters. The molecule has 1 fully saturated rings. The number of carbonyl (C=O) groups excluding carboxylic acids is 1. The smallest absolute Gasteiger partial charge is 0.306 e. The first-order chi connectivity index (χ1) is 8.47. The average molecular weight is 251 g/mol. The zero-order valence-corrected chi connectivity index (χ0v) is 10.5. The molecular formula is C12H17N3O3. The Kier molecular flexibility index (Phi) is 3.36. The van der Waals surface area contributed by atoms with Gasteiger partial charge in [-0.2, -0.15) is 5.10 Å². The number of amides is 1. The molecule has 98 valence electrons. The van der Waals surface area contributed by atoms with Crippen LogP contribution >= 0.6 is 0 Å². The second-order valence-corrected chi connectivity index (χ2v) is 4.82. The van der Waals surface area contributed by atoms with E-state index in [-0.39, 0.29) is 17.9 Å². The van der Waals surface area contributed by atoms with Crippen LogP contribution in [-0.4, -0.2) is 32.8 Å². The third kappa shape index (κ3) is 2.52. The van der Waals surface area contributed by atoms with Gasteiger partial charge in [0.25, 0.3) is 5.91 Å². The van der Waals surface area contributed by atoms with Crippen molar-refractivity contribution in [2.45, 2.75) is 32.2 Å². The van der Waals surface area contributed by atoms with Gasteiger partial charge in [-0.25, -0.2) is 0 Å². The third-order valence-corrected chi connectivity index (χ3v) is 3.38. The van der Waals surface area contributed by atoms with Crippen LogP contribution in [0.1, 0.15) is 35.3 Å². The topological polar surface area (TPSA) is 84.2 Å². The van der Waals surface area contributed by atoms with Crippen molar-refractivity contribution in [1.82, 2.24) is 15.1 Å². The van der Waals surface area contributed by atoms with Gasteiger partial charge in [0.2, 0.25) is 0 Å². The van der Waals surface area contributed by atoms with Crippen LogP contribution in [0.2, 0.25) is 0 Å². The quantitative estimate of drug-likeness (QED) is 0.828. The molecular weight excluding hydrogens is 234 g/mol. The fourth-order valence-electron chi connectivity index (χ4n) is 2.42. The first-order valence-electron chi connectivity index (χ1n) is 6.01. The van der Waals surface area contributed by atoms with Crippen LogP contribution in [0.4, 0.5) is 0 Å². The van der Waals surface area contributed by atoms with Gasteiger partial charge in [-0.05, 0) is 26.2 Å². The molecule has 1 aromatic heterocycles. The Hall–Kier alpha value is -1.85. The van der Waals surface area contributed by atoms with Crippen LogP contribution in [-0.2, 0) is 11.8 Å². The lowest BCUT2D eigenvalue weighted by Crippen LogP contribution is -2.33. The number of carbonyl (C=O) groups is 2. The minimum absolute atomic E-state index is 0.0433. The maximum atomic E-state index is 12.0. The van der Waals surface area contributed by atoms with E-state index in [4.69, 9.17) is 5.11 Å². The Morgan fingerprint density at radius 1 is 1.50 bits per heavy atom. The number of hydrogen-bond acceptors (Lipinski definition) is 3. The highest BCUT2D eigenvalue weighted by Crippen LogP contribution is 2.25. The van der Waals surface area contributed by atoms with Crippen LogP contribution in [0.5, 0.6) is 0 Å². The maximum absolute atomic E-state index is 12.0. The van der Waals surface area contributed by atoms with Crippen LogP contribution < -0.4 is 5.32 Å². The van der Waals surface area contributed by atoms with Crippen LogP contribution in [0.3, 0.4) is 0 Å². The molecule has 1 heterocycles. The van der Waals surface area contributed by atoms with Gasteiger partial charge in [-0.3, -0.25) is 14.3 Å². The third-order valence-electron chi connectivity index (χ3n) is 3.38. The molecule has 6 heteroatoms. The zero-order valence-electron chi connectivity index (χ0n) is 10.5. The largest absolute Gasteiger partial charge is 0.481 e. The van der Waals surface area contributed by atoms with Gasteiger partial charge in [0.15, 0.2) is 0 Å². The Bertz CT molecular complexity index is 481. The van der Waals surface area contributed by atoms with E-state index in [2.05, 4.69) is 10.4 Å². The number of aryl methyl sites for hydroxylation is 2. The van der Waals surface area contributed by atoms with Crippen LogP contribution in [0, 0.1) is 12.8 Å². The molecule has 2 N–H and O–H groups in total. The minimum atomic E-state index is -0.774. The maximum Gasteiger partial charge on any atom is 0.306 e. The van der Waals surface area contributed by atoms with Gasteiger partial charge in [-0.15, -0.1) is 0 Å². The first-order valence-corrected chi connectivity index (χ1v) is 6.01. The van der Waals surface area contributed by atoms with Gasteiger partial charge in [0.1, 0.15) is 0 Å². The summed E-state index contributed by atoms with van der Waals surface area (Å²) in [6.07, 6.45) is 3.54. The van der Waals surface area contributed by atoms with Crippen molar-refractivity contribution in [2.24, 2.45) is 13.0 Å². The van der Waals surface area contributed by atoms with Crippen molar-refractivity contribution in [3.63, 3.8) is 0 Å². The Morgan fingerprint density at radius 2 is 2.22 bits per heavy atom. The number of aromatic nitrogens is 2. The molecule has 6 nitrogen and oxygen atoms in total. The van der Waals surface area contributed by atoms with E-state index in [0.29, 0.717) is 24.1 Å². The monoisotopic (exact) mass is 251 g/mol. The van der Waals surface area contributed by atoms with E-state index >= 15 is 0 Å². The molecule has 2 rings (SSSR count). The molecule has 1 aromatic rings. The van der Waals surface area contributed by atoms with Crippen molar-refractivity contribution in [3.8, 4) is 0 Å². The van der Waals surface area contributed by atoms with E-state index in [0.717, 1.165) is 6.42 Å². The Balaban J connectivity index is 1.97. The summed E-state index contributed by atoms with van der Waals surface area (Å²) in [5.74, 6) is -1.27. The summed E-state index contributed by atoms with van der Waals surface area (Å²) < 4.78 is 1.60. The summed E-state index contributed by atoms with van der Waals surface area (Å²) in [6.45, 7) is 1.78. The normalized spacial score (nSPS) is 23.0. The predicted molar refractivity (Wildman–Crippen MR) is 64.2 cm³/mol. The predicted octanol–water partition coefficient (Wildman–Crippen LogP) is 0.712. The van der Waals surface area contributed by atoms with Crippen molar-refractivity contribution >= 4 is 11.9 Å². The summed E-state index contributed by atoms with van der Waals surface area (Å²) in [7, 11) is 1.76. The summed E-state index contributed by atoms with van der Waals surface area (Å²) in [5, 5.41) is 15.9. The highest BCUT2D eigenvalue weighted by molar-refractivity contribution is 5.95. The Labute approximate surface area is 105 Å². The number of carboxylic acids is 1. The second-order valence-electron chi connectivity index (χ2n) is 4.82. The standard InChI is InChI=1S/C12H17N3O3/c1-7-10(6-15(2)14-7)11(16)13-9-4-3-8(5-9)12(17)18/h6,8-9H,3-5H2,1-2H3,(H,13,16)(H,17,18)/t8-,9+/m0/s1. The molecule has 1 amide bonds. The van der Waals surface area contributed by atoms with Gasteiger partial charge >= 0.3 is 5.97 Å². The molecule has 0 saturated heterocycles. The van der Waals surface area contributed by atoms with E-state index < -0.39 is 5.97 Å². The minimum Gasteiger partial charge on any atom is -0.481 e. The van der Waals surface area contributed by atoms with Crippen LogP contribution in [0.25, 0.3) is 0 Å². The molecule has 1 aliphatic carbocycles. The van der Waals surface area contributed by atoms with Crippen molar-refractivity contribution in [1.29, 1.82) is 0 Å². The molecule has 2 atom stereocenters. The van der Waals surface area contributed by atoms with Crippen molar-refractivity contribution in [3.05, 3.63) is 17.5 Å². The molecule has 1 saturated carbocycles. The Morgan fingerprint density at radius 3 is 2.72 bits per heavy atom. The lowest BCUT2D eigenvalue weighted by atomic mass is 10.1. The lowest BCUT2D eigenvalue weighted by molar-refractivity contribution is -0.141. The summed E-state index contributed by atoms with van der Waals surface area (Å²) in [4.78, 5) is 22.8. The number of nitrogens with zero attached hydrogens (tertiary/aromatic N) is 2. The van der Waals surface area contributed by atoms with Gasteiger partial charge in [0, 0.05) is 19.3 Å². The van der Waals surface area contributed by atoms with E-state index in [1.165, 1.54) is 0 Å². The number of hydrogen-bond donors (Lipinski definition) is 2. The highest BCUT2D eigenvalue weighted by Gasteiger charge is 2.31. The molecule has 0 bridgehead atoms. The zero-order chi connectivity index (χ0) is 13.3. The summed E-state index contributed by atoms with van der Waals surface area (Å²) in [5.41, 5.74) is 1.24. The molecule has 0 aliphatic heterocycles. The van der Waals surface area contributed by atoms with Crippen LogP contribution in [0.15, 0.2) is 6.20 Å². The fraction of sp³-hybridized carbons (Fsp3) is 0.583. The molecule has 0 spiro atoms. The number of carboxylic acid groups (broad SMARTS) is 1. The number of aliphatic carboxylic acids is 1. The summed E-state index contributed by atoms with van der Waals surface area (Å²) >= 11 is 0. The van der Waals surface area contributed by atoms with Gasteiger partial charge in [-0.1, -0.05) is 0 Å². The van der Waals surface area contributed by atoms with E-state index in [1.807, 2.05) is 0 Å². The molecule has 18 heavy (non-hydrogen) atoms. The molecule has 0 radical (unpaired) electrons. The SMILES string of the molecule is Cc1nn(C)cc1C(=O)N[C@@H]1CC[C@H](C(=O)O)C1. The molecule has 0 aromatic carbocycles. The van der Waals surface area contributed by atoms with Gasteiger partial charge < -0.3 is 10.4 Å². The molecule has 1 aliphatic rings. The van der Waals surface area contributed by atoms with Gasteiger partial charge in [0.05, 0.1) is 17.2 Å². The lowest BCUT2D eigenvalue weighted by Gasteiger charge is -2.11. The number of nitrogens with one attached hydrogen (secondary N) is 1. The number of rotatable bonds is 3.